The van der Waals surface area contributed by atoms with Gasteiger partial charge in [-0.3, -0.25) is 14.5 Å². The molecule has 0 spiro atoms. The normalized spacial score (nSPS) is 17.0. The minimum atomic E-state index is -0.676. The Morgan fingerprint density at radius 3 is 3.03 bits per heavy atom. The summed E-state index contributed by atoms with van der Waals surface area (Å²) < 4.78 is 21.1. The molecule has 1 fully saturated rings. The molecule has 1 saturated heterocycles. The molecule has 1 aromatic carbocycles. The van der Waals surface area contributed by atoms with Crippen LogP contribution in [0.5, 0.6) is 5.75 Å². The zero-order valence-electron chi connectivity index (χ0n) is 17.2. The number of carbonyl (C=O) groups is 2. The Balaban J connectivity index is 1.38. The molecule has 0 radical (unpaired) electrons. The van der Waals surface area contributed by atoms with Crippen LogP contribution in [0.4, 0.5) is 4.39 Å². The fourth-order valence-electron chi connectivity index (χ4n) is 3.54. The van der Waals surface area contributed by atoms with Gasteiger partial charge in [0, 0.05) is 31.3 Å². The van der Waals surface area contributed by atoms with Crippen LogP contribution in [-0.2, 0) is 22.7 Å². The molecule has 164 valence electrons. The van der Waals surface area contributed by atoms with E-state index in [0.717, 1.165) is 9.97 Å². The maximum Gasteiger partial charge on any atom is 0.237 e. The van der Waals surface area contributed by atoms with Crippen molar-refractivity contribution in [2.45, 2.75) is 32.5 Å². The maximum absolute atomic E-state index is 14.4. The lowest BCUT2D eigenvalue weighted by molar-refractivity contribution is -0.134. The standard InChI is InChI=1S/C20H23FN6O3S/c1-12-25-27-11-14(24-20(27)31-12)9-23-18(28)8-17-19(29)22-5-6-26(17)10-13-3-4-15(30-2)7-16(13)21/h3-4,7,11,17H,5-6,8-10H2,1-2H3,(H,22,29)(H,23,28). The van der Waals surface area contributed by atoms with E-state index in [2.05, 4.69) is 20.7 Å². The van der Waals surface area contributed by atoms with Crippen LogP contribution >= 0.6 is 11.3 Å². The first-order valence-corrected chi connectivity index (χ1v) is 10.7. The number of amides is 2. The summed E-state index contributed by atoms with van der Waals surface area (Å²) >= 11 is 1.47. The molecule has 11 heteroatoms. The molecule has 2 amide bonds. The lowest BCUT2D eigenvalue weighted by Crippen LogP contribution is -2.56. The summed E-state index contributed by atoms with van der Waals surface area (Å²) in [4.78, 5) is 32.0. The Morgan fingerprint density at radius 2 is 2.29 bits per heavy atom. The van der Waals surface area contributed by atoms with Crippen LogP contribution < -0.4 is 15.4 Å². The zero-order chi connectivity index (χ0) is 22.0. The highest BCUT2D eigenvalue weighted by atomic mass is 32.1. The fraction of sp³-hybridized carbons (Fsp3) is 0.400. The second-order valence-corrected chi connectivity index (χ2v) is 8.46. The van der Waals surface area contributed by atoms with Crippen molar-refractivity contribution in [1.29, 1.82) is 0 Å². The quantitative estimate of drug-likeness (QED) is 0.567. The molecular weight excluding hydrogens is 423 g/mol. The molecule has 31 heavy (non-hydrogen) atoms. The Bertz CT molecular complexity index is 1080. The third-order valence-electron chi connectivity index (χ3n) is 5.11. The molecule has 2 N–H and O–H groups in total. The lowest BCUT2D eigenvalue weighted by atomic mass is 10.1. The molecule has 3 heterocycles. The second-order valence-electron chi connectivity index (χ2n) is 7.30. The van der Waals surface area contributed by atoms with Crippen LogP contribution in [-0.4, -0.2) is 57.6 Å². The largest absolute Gasteiger partial charge is 0.497 e. The van der Waals surface area contributed by atoms with E-state index in [1.54, 1.807) is 22.8 Å². The minimum Gasteiger partial charge on any atom is -0.497 e. The Labute approximate surface area is 182 Å². The average Bonchev–Trinajstić information content (AvgIpc) is 3.27. The number of aryl methyl sites for hydroxylation is 1. The summed E-state index contributed by atoms with van der Waals surface area (Å²) in [5, 5.41) is 10.8. The number of nitrogens with one attached hydrogen (secondary N) is 2. The number of piperazine rings is 1. The van der Waals surface area contributed by atoms with Gasteiger partial charge in [0.25, 0.3) is 0 Å². The summed E-state index contributed by atoms with van der Waals surface area (Å²) in [6.07, 6.45) is 1.74. The Kier molecular flexibility index (Phi) is 6.14. The number of benzene rings is 1. The third-order valence-corrected chi connectivity index (χ3v) is 5.95. The SMILES string of the molecule is COc1ccc(CN2CCNC(=O)C2CC(=O)NCc2cn3nc(C)sc3n2)c(F)c1. The highest BCUT2D eigenvalue weighted by Gasteiger charge is 2.32. The van der Waals surface area contributed by atoms with Crippen molar-refractivity contribution < 1.29 is 18.7 Å². The van der Waals surface area contributed by atoms with Gasteiger partial charge in [-0.05, 0) is 13.0 Å². The first-order chi connectivity index (χ1) is 14.9. The number of rotatable bonds is 7. The fourth-order valence-corrected chi connectivity index (χ4v) is 4.29. The molecule has 9 nitrogen and oxygen atoms in total. The van der Waals surface area contributed by atoms with Gasteiger partial charge in [0.1, 0.15) is 16.6 Å². The number of aromatic nitrogens is 3. The van der Waals surface area contributed by atoms with E-state index in [1.807, 2.05) is 11.8 Å². The first-order valence-electron chi connectivity index (χ1n) is 9.85. The van der Waals surface area contributed by atoms with Crippen molar-refractivity contribution in [3.8, 4) is 5.75 Å². The van der Waals surface area contributed by atoms with Crippen molar-refractivity contribution >= 4 is 28.1 Å². The van der Waals surface area contributed by atoms with Crippen LogP contribution in [0.25, 0.3) is 4.96 Å². The van der Waals surface area contributed by atoms with Gasteiger partial charge in [0.15, 0.2) is 0 Å². The Morgan fingerprint density at radius 1 is 1.45 bits per heavy atom. The number of nitrogens with zero attached hydrogens (tertiary/aromatic N) is 4. The summed E-state index contributed by atoms with van der Waals surface area (Å²) in [6, 6.07) is 3.95. The van der Waals surface area contributed by atoms with E-state index >= 15 is 0 Å². The van der Waals surface area contributed by atoms with E-state index in [-0.39, 0.29) is 31.3 Å². The molecular formula is C20H23FN6O3S. The molecule has 1 aliphatic rings. The summed E-state index contributed by atoms with van der Waals surface area (Å²) in [5.41, 5.74) is 1.14. The summed E-state index contributed by atoms with van der Waals surface area (Å²) in [6.45, 7) is 3.35. The van der Waals surface area contributed by atoms with Crippen molar-refractivity contribution in [3.05, 3.63) is 46.5 Å². The van der Waals surface area contributed by atoms with Crippen LogP contribution in [0, 0.1) is 12.7 Å². The van der Waals surface area contributed by atoms with Crippen molar-refractivity contribution in [2.75, 3.05) is 20.2 Å². The van der Waals surface area contributed by atoms with Crippen molar-refractivity contribution in [2.24, 2.45) is 0 Å². The number of ether oxygens (including phenoxy) is 1. The summed E-state index contributed by atoms with van der Waals surface area (Å²) in [5.74, 6) is -0.490. The second kappa shape index (κ2) is 8.98. The number of hydrogen-bond donors (Lipinski definition) is 2. The molecule has 3 aromatic rings. The monoisotopic (exact) mass is 446 g/mol. The molecule has 4 rings (SSSR count). The van der Waals surface area contributed by atoms with Gasteiger partial charge >= 0.3 is 0 Å². The van der Waals surface area contributed by atoms with Gasteiger partial charge in [-0.1, -0.05) is 17.4 Å². The van der Waals surface area contributed by atoms with E-state index in [4.69, 9.17) is 4.74 Å². The van der Waals surface area contributed by atoms with Gasteiger partial charge in [-0.25, -0.2) is 13.9 Å². The molecule has 1 unspecified atom stereocenters. The third kappa shape index (κ3) is 4.83. The van der Waals surface area contributed by atoms with Crippen LogP contribution in [0.15, 0.2) is 24.4 Å². The average molecular weight is 447 g/mol. The topological polar surface area (TPSA) is 101 Å². The predicted molar refractivity (Wildman–Crippen MR) is 112 cm³/mol. The number of hydrogen-bond acceptors (Lipinski definition) is 7. The number of halogens is 1. The first kappa shape index (κ1) is 21.2. The molecule has 0 bridgehead atoms. The van der Waals surface area contributed by atoms with Gasteiger partial charge in [-0.15, -0.1) is 0 Å². The van der Waals surface area contributed by atoms with Crippen LogP contribution in [0.1, 0.15) is 22.7 Å². The van der Waals surface area contributed by atoms with Crippen LogP contribution in [0.2, 0.25) is 0 Å². The maximum atomic E-state index is 14.4. The van der Waals surface area contributed by atoms with Gasteiger partial charge in [0.05, 0.1) is 38.0 Å². The van der Waals surface area contributed by atoms with E-state index < -0.39 is 11.9 Å². The molecule has 1 atom stereocenters. The van der Waals surface area contributed by atoms with Gasteiger partial charge < -0.3 is 15.4 Å². The predicted octanol–water partition coefficient (Wildman–Crippen LogP) is 1.25. The highest BCUT2D eigenvalue weighted by molar-refractivity contribution is 7.16. The molecule has 1 aliphatic heterocycles. The number of imidazole rings is 1. The van der Waals surface area contributed by atoms with E-state index in [1.165, 1.54) is 24.5 Å². The minimum absolute atomic E-state index is 0.0246. The summed E-state index contributed by atoms with van der Waals surface area (Å²) in [7, 11) is 1.47. The number of methoxy groups -OCH3 is 1. The van der Waals surface area contributed by atoms with E-state index in [9.17, 15) is 14.0 Å². The molecule has 0 saturated carbocycles. The highest BCUT2D eigenvalue weighted by Crippen LogP contribution is 2.20. The van der Waals surface area contributed by atoms with Crippen molar-refractivity contribution in [3.63, 3.8) is 0 Å². The lowest BCUT2D eigenvalue weighted by Gasteiger charge is -2.34. The van der Waals surface area contributed by atoms with Crippen molar-refractivity contribution in [1.82, 2.24) is 30.1 Å². The number of carbonyl (C=O) groups excluding carboxylic acids is 2. The Hall–Kier alpha value is -3.05. The van der Waals surface area contributed by atoms with Gasteiger partial charge in [0.2, 0.25) is 16.8 Å². The zero-order valence-corrected chi connectivity index (χ0v) is 18.0. The molecule has 0 aliphatic carbocycles. The molecule has 2 aromatic heterocycles. The van der Waals surface area contributed by atoms with Crippen LogP contribution in [0.3, 0.4) is 0 Å². The van der Waals surface area contributed by atoms with E-state index in [0.29, 0.717) is 30.1 Å². The smallest absolute Gasteiger partial charge is 0.237 e. The number of fused-ring (bicyclic) bond motifs is 1. The van der Waals surface area contributed by atoms with Gasteiger partial charge in [-0.2, -0.15) is 5.10 Å².